The van der Waals surface area contributed by atoms with Gasteiger partial charge in [-0.25, -0.2) is 4.98 Å². The summed E-state index contributed by atoms with van der Waals surface area (Å²) in [5.74, 6) is 2.20. The number of rotatable bonds is 2. The second kappa shape index (κ2) is 5.34. The first-order valence-electron chi connectivity index (χ1n) is 6.91. The van der Waals surface area contributed by atoms with Crippen LogP contribution in [-0.4, -0.2) is 9.55 Å². The smallest absolute Gasteiger partial charge is 0.125 e. The molecule has 0 radical (unpaired) electrons. The van der Waals surface area contributed by atoms with Crippen LogP contribution >= 0.6 is 23.2 Å². The molecule has 1 heterocycles. The number of aromatic nitrogens is 2. The van der Waals surface area contributed by atoms with Gasteiger partial charge in [0.1, 0.15) is 5.82 Å². The summed E-state index contributed by atoms with van der Waals surface area (Å²) in [5, 5.41) is 0.763. The Labute approximate surface area is 123 Å². The fraction of sp³-hybridized carbons (Fsp3) is 0.533. The Morgan fingerprint density at radius 1 is 1.37 bits per heavy atom. The molecule has 0 amide bonds. The van der Waals surface area contributed by atoms with Crippen molar-refractivity contribution in [3.05, 3.63) is 29.0 Å². The summed E-state index contributed by atoms with van der Waals surface area (Å²) in [6.07, 6.45) is 5.04. The van der Waals surface area contributed by atoms with Crippen molar-refractivity contribution in [1.29, 1.82) is 0 Å². The van der Waals surface area contributed by atoms with Crippen LogP contribution in [0.1, 0.15) is 44.5 Å². The van der Waals surface area contributed by atoms with Crippen molar-refractivity contribution in [2.24, 2.45) is 5.92 Å². The standard InChI is InChI=1S/C15H18Cl2N2/c1-10-3-2-4-12(7-10)19-14-8-11(17)5-6-13(14)18-15(19)9-16/h5-6,8,10,12H,2-4,7,9H2,1H3. The van der Waals surface area contributed by atoms with Crippen LogP contribution in [0.3, 0.4) is 0 Å². The number of nitrogens with zero attached hydrogens (tertiary/aromatic N) is 2. The van der Waals surface area contributed by atoms with Gasteiger partial charge in [0.05, 0.1) is 16.9 Å². The van der Waals surface area contributed by atoms with E-state index in [-0.39, 0.29) is 0 Å². The lowest BCUT2D eigenvalue weighted by Crippen LogP contribution is -2.19. The van der Waals surface area contributed by atoms with Gasteiger partial charge >= 0.3 is 0 Å². The molecular formula is C15H18Cl2N2. The van der Waals surface area contributed by atoms with Crippen molar-refractivity contribution in [2.45, 2.75) is 44.5 Å². The molecule has 0 saturated heterocycles. The molecule has 1 saturated carbocycles. The van der Waals surface area contributed by atoms with Crippen LogP contribution in [0.5, 0.6) is 0 Å². The first-order valence-corrected chi connectivity index (χ1v) is 7.82. The molecule has 0 bridgehead atoms. The molecule has 1 aromatic heterocycles. The zero-order chi connectivity index (χ0) is 13.4. The van der Waals surface area contributed by atoms with Crippen molar-refractivity contribution >= 4 is 34.2 Å². The van der Waals surface area contributed by atoms with E-state index in [1.54, 1.807) is 0 Å². The van der Waals surface area contributed by atoms with Gasteiger partial charge in [0.2, 0.25) is 0 Å². The summed E-state index contributed by atoms with van der Waals surface area (Å²) in [7, 11) is 0. The number of imidazole rings is 1. The molecule has 19 heavy (non-hydrogen) atoms. The summed E-state index contributed by atoms with van der Waals surface area (Å²) in [5.41, 5.74) is 2.13. The fourth-order valence-electron chi connectivity index (χ4n) is 3.25. The number of fused-ring (bicyclic) bond motifs is 1. The third-order valence-electron chi connectivity index (χ3n) is 4.12. The Bertz CT molecular complexity index is 591. The number of hydrogen-bond acceptors (Lipinski definition) is 1. The highest BCUT2D eigenvalue weighted by Gasteiger charge is 2.24. The SMILES string of the molecule is CC1CCCC(n2c(CCl)nc3ccc(Cl)cc32)C1. The van der Waals surface area contributed by atoms with Crippen LogP contribution in [0.15, 0.2) is 18.2 Å². The first-order chi connectivity index (χ1) is 9.19. The molecule has 0 N–H and O–H groups in total. The van der Waals surface area contributed by atoms with Gasteiger partial charge in [-0.2, -0.15) is 0 Å². The summed E-state index contributed by atoms with van der Waals surface area (Å²) in [4.78, 5) is 4.64. The third-order valence-corrected chi connectivity index (χ3v) is 4.59. The largest absolute Gasteiger partial charge is 0.324 e. The summed E-state index contributed by atoms with van der Waals surface area (Å²) < 4.78 is 2.32. The van der Waals surface area contributed by atoms with Gasteiger partial charge < -0.3 is 4.57 Å². The van der Waals surface area contributed by atoms with E-state index in [1.807, 2.05) is 18.2 Å². The van der Waals surface area contributed by atoms with Crippen LogP contribution in [0.2, 0.25) is 5.02 Å². The number of alkyl halides is 1. The maximum Gasteiger partial charge on any atom is 0.125 e. The molecule has 2 atom stereocenters. The minimum Gasteiger partial charge on any atom is -0.324 e. The van der Waals surface area contributed by atoms with Crippen molar-refractivity contribution in [2.75, 3.05) is 0 Å². The average molecular weight is 297 g/mol. The molecule has 1 aromatic carbocycles. The molecule has 1 aliphatic rings. The van der Waals surface area contributed by atoms with E-state index in [4.69, 9.17) is 23.2 Å². The lowest BCUT2D eigenvalue weighted by molar-refractivity contribution is 0.283. The molecule has 3 rings (SSSR count). The predicted octanol–water partition coefficient (Wildman–Crippen LogP) is 5.18. The normalized spacial score (nSPS) is 23.9. The van der Waals surface area contributed by atoms with E-state index in [0.29, 0.717) is 11.9 Å². The van der Waals surface area contributed by atoms with Gasteiger partial charge in [-0.15, -0.1) is 11.6 Å². The maximum absolute atomic E-state index is 6.14. The van der Waals surface area contributed by atoms with Crippen molar-refractivity contribution in [3.63, 3.8) is 0 Å². The second-order valence-corrected chi connectivity index (χ2v) is 6.29. The third kappa shape index (κ3) is 2.48. The summed E-state index contributed by atoms with van der Waals surface area (Å²) in [6, 6.07) is 6.40. The zero-order valence-electron chi connectivity index (χ0n) is 11.1. The monoisotopic (exact) mass is 296 g/mol. The molecule has 1 aliphatic carbocycles. The van der Waals surface area contributed by atoms with Gasteiger partial charge in [-0.1, -0.05) is 31.4 Å². The molecule has 2 nitrogen and oxygen atoms in total. The van der Waals surface area contributed by atoms with Crippen LogP contribution in [0.4, 0.5) is 0 Å². The topological polar surface area (TPSA) is 17.8 Å². The van der Waals surface area contributed by atoms with Crippen molar-refractivity contribution < 1.29 is 0 Å². The Hall–Kier alpha value is -0.730. The average Bonchev–Trinajstić information content (AvgIpc) is 2.76. The summed E-state index contributed by atoms with van der Waals surface area (Å²) in [6.45, 7) is 2.33. The molecule has 102 valence electrons. The molecule has 2 unspecified atom stereocenters. The quantitative estimate of drug-likeness (QED) is 0.698. The van der Waals surface area contributed by atoms with Crippen LogP contribution in [0.25, 0.3) is 11.0 Å². The van der Waals surface area contributed by atoms with Crippen LogP contribution < -0.4 is 0 Å². The minimum atomic E-state index is 0.456. The molecule has 0 aliphatic heterocycles. The number of benzene rings is 1. The number of hydrogen-bond donors (Lipinski definition) is 0. The molecule has 2 aromatic rings. The highest BCUT2D eigenvalue weighted by atomic mass is 35.5. The van der Waals surface area contributed by atoms with Gasteiger partial charge in [-0.3, -0.25) is 0 Å². The Morgan fingerprint density at radius 2 is 2.21 bits per heavy atom. The van der Waals surface area contributed by atoms with Crippen LogP contribution in [0, 0.1) is 5.92 Å². The second-order valence-electron chi connectivity index (χ2n) is 5.59. The highest BCUT2D eigenvalue weighted by molar-refractivity contribution is 6.31. The zero-order valence-corrected chi connectivity index (χ0v) is 12.6. The Balaban J connectivity index is 2.11. The van der Waals surface area contributed by atoms with Crippen molar-refractivity contribution in [3.8, 4) is 0 Å². The van der Waals surface area contributed by atoms with E-state index in [1.165, 1.54) is 25.7 Å². The highest BCUT2D eigenvalue weighted by Crippen LogP contribution is 2.36. The molecular weight excluding hydrogens is 279 g/mol. The van der Waals surface area contributed by atoms with Gasteiger partial charge in [0, 0.05) is 11.1 Å². The van der Waals surface area contributed by atoms with E-state index in [2.05, 4.69) is 16.5 Å². The molecule has 0 spiro atoms. The number of halogens is 2. The van der Waals surface area contributed by atoms with Crippen molar-refractivity contribution in [1.82, 2.24) is 9.55 Å². The first kappa shape index (κ1) is 13.3. The maximum atomic E-state index is 6.14. The van der Waals surface area contributed by atoms with Crippen LogP contribution in [-0.2, 0) is 5.88 Å². The molecule has 1 fully saturated rings. The van der Waals surface area contributed by atoms with E-state index < -0.39 is 0 Å². The van der Waals surface area contributed by atoms with Gasteiger partial charge in [0.25, 0.3) is 0 Å². The molecule has 4 heteroatoms. The van der Waals surface area contributed by atoms with Gasteiger partial charge in [-0.05, 0) is 37.0 Å². The lowest BCUT2D eigenvalue weighted by atomic mass is 9.87. The lowest BCUT2D eigenvalue weighted by Gasteiger charge is -2.29. The fourth-order valence-corrected chi connectivity index (χ4v) is 3.61. The Kier molecular flexibility index (Phi) is 3.72. The van der Waals surface area contributed by atoms with E-state index in [0.717, 1.165) is 27.8 Å². The van der Waals surface area contributed by atoms with E-state index in [9.17, 15) is 0 Å². The van der Waals surface area contributed by atoms with E-state index >= 15 is 0 Å². The Morgan fingerprint density at radius 3 is 2.95 bits per heavy atom. The predicted molar refractivity (Wildman–Crippen MR) is 81.0 cm³/mol. The summed E-state index contributed by atoms with van der Waals surface area (Å²) >= 11 is 12.2. The minimum absolute atomic E-state index is 0.456. The van der Waals surface area contributed by atoms with Gasteiger partial charge in [0.15, 0.2) is 0 Å².